The Morgan fingerprint density at radius 2 is 2.20 bits per heavy atom. The summed E-state index contributed by atoms with van der Waals surface area (Å²) in [5.74, 6) is -0.488. The van der Waals surface area contributed by atoms with E-state index in [4.69, 9.17) is 17.3 Å². The SMILES string of the molecule is NCc1ccnn1-c1cccc(Cl)c1F. The first-order valence-corrected chi connectivity index (χ1v) is 4.79. The van der Waals surface area contributed by atoms with E-state index < -0.39 is 5.82 Å². The van der Waals surface area contributed by atoms with Crippen LogP contribution in [0.3, 0.4) is 0 Å². The molecule has 0 radical (unpaired) electrons. The summed E-state index contributed by atoms with van der Waals surface area (Å²) in [4.78, 5) is 0. The minimum atomic E-state index is -0.488. The molecule has 0 saturated carbocycles. The third-order valence-corrected chi connectivity index (χ3v) is 2.38. The van der Waals surface area contributed by atoms with Gasteiger partial charge in [-0.05, 0) is 18.2 Å². The van der Waals surface area contributed by atoms with Crippen LogP contribution in [0.5, 0.6) is 0 Å². The molecule has 1 aromatic carbocycles. The van der Waals surface area contributed by atoms with Gasteiger partial charge in [0.25, 0.3) is 0 Å². The molecule has 0 saturated heterocycles. The lowest BCUT2D eigenvalue weighted by Gasteiger charge is -2.07. The molecule has 15 heavy (non-hydrogen) atoms. The van der Waals surface area contributed by atoms with Crippen LogP contribution in [-0.2, 0) is 6.54 Å². The van der Waals surface area contributed by atoms with Crippen LogP contribution in [-0.4, -0.2) is 9.78 Å². The first kappa shape index (κ1) is 10.1. The van der Waals surface area contributed by atoms with Gasteiger partial charge >= 0.3 is 0 Å². The van der Waals surface area contributed by atoms with Gasteiger partial charge in [0.15, 0.2) is 5.82 Å². The molecule has 0 spiro atoms. The van der Waals surface area contributed by atoms with Crippen LogP contribution in [0.25, 0.3) is 5.69 Å². The van der Waals surface area contributed by atoms with E-state index in [9.17, 15) is 4.39 Å². The molecule has 2 rings (SSSR count). The summed E-state index contributed by atoms with van der Waals surface area (Å²) in [7, 11) is 0. The molecule has 0 aliphatic carbocycles. The zero-order chi connectivity index (χ0) is 10.8. The highest BCUT2D eigenvalue weighted by molar-refractivity contribution is 6.30. The van der Waals surface area contributed by atoms with E-state index in [1.165, 1.54) is 10.7 Å². The van der Waals surface area contributed by atoms with E-state index in [-0.39, 0.29) is 5.02 Å². The molecule has 0 unspecified atom stereocenters. The minimum Gasteiger partial charge on any atom is -0.325 e. The van der Waals surface area contributed by atoms with Crippen LogP contribution < -0.4 is 5.73 Å². The molecule has 0 aliphatic heterocycles. The van der Waals surface area contributed by atoms with Gasteiger partial charge in [0.1, 0.15) is 5.69 Å². The molecule has 78 valence electrons. The Bertz CT molecular complexity index is 481. The van der Waals surface area contributed by atoms with Gasteiger partial charge in [-0.2, -0.15) is 5.10 Å². The van der Waals surface area contributed by atoms with E-state index in [2.05, 4.69) is 5.10 Å². The molecule has 2 aromatic rings. The fourth-order valence-electron chi connectivity index (χ4n) is 1.36. The van der Waals surface area contributed by atoms with Gasteiger partial charge < -0.3 is 5.73 Å². The third-order valence-electron chi connectivity index (χ3n) is 2.09. The summed E-state index contributed by atoms with van der Waals surface area (Å²) in [6, 6.07) is 6.50. The Labute approximate surface area is 91.3 Å². The van der Waals surface area contributed by atoms with Crippen molar-refractivity contribution in [2.75, 3.05) is 0 Å². The van der Waals surface area contributed by atoms with Crippen LogP contribution in [0.1, 0.15) is 5.69 Å². The molecule has 0 bridgehead atoms. The van der Waals surface area contributed by atoms with Crippen molar-refractivity contribution in [2.24, 2.45) is 5.73 Å². The predicted molar refractivity (Wildman–Crippen MR) is 56.4 cm³/mol. The zero-order valence-corrected chi connectivity index (χ0v) is 8.58. The topological polar surface area (TPSA) is 43.8 Å². The first-order valence-electron chi connectivity index (χ1n) is 4.41. The second kappa shape index (κ2) is 4.00. The lowest BCUT2D eigenvalue weighted by Crippen LogP contribution is -2.08. The van der Waals surface area contributed by atoms with Crippen molar-refractivity contribution in [2.45, 2.75) is 6.54 Å². The molecule has 1 heterocycles. The van der Waals surface area contributed by atoms with Crippen LogP contribution in [0.4, 0.5) is 4.39 Å². The van der Waals surface area contributed by atoms with Crippen molar-refractivity contribution in [3.63, 3.8) is 0 Å². The Kier molecular flexibility index (Phi) is 2.70. The molecule has 5 heteroatoms. The Balaban J connectivity index is 2.59. The molecule has 0 amide bonds. The number of nitrogens with zero attached hydrogens (tertiary/aromatic N) is 2. The molecule has 3 nitrogen and oxygen atoms in total. The molecule has 0 fully saturated rings. The summed E-state index contributed by atoms with van der Waals surface area (Å²) < 4.78 is 15.1. The molecule has 0 atom stereocenters. The first-order chi connectivity index (χ1) is 7.24. The highest BCUT2D eigenvalue weighted by Crippen LogP contribution is 2.21. The Hall–Kier alpha value is -1.39. The Morgan fingerprint density at radius 1 is 1.40 bits per heavy atom. The predicted octanol–water partition coefficient (Wildman–Crippen LogP) is 2.12. The summed E-state index contributed by atoms with van der Waals surface area (Å²) in [6.45, 7) is 0.298. The van der Waals surface area contributed by atoms with Gasteiger partial charge in [-0.25, -0.2) is 9.07 Å². The van der Waals surface area contributed by atoms with Crippen LogP contribution >= 0.6 is 11.6 Å². The molecular formula is C10H9ClFN3. The quantitative estimate of drug-likeness (QED) is 0.851. The number of benzene rings is 1. The van der Waals surface area contributed by atoms with Crippen molar-refractivity contribution in [3.8, 4) is 5.69 Å². The molecular weight excluding hydrogens is 217 g/mol. The third kappa shape index (κ3) is 1.73. The summed E-state index contributed by atoms with van der Waals surface area (Å²) >= 11 is 5.68. The molecule has 1 aromatic heterocycles. The summed E-state index contributed by atoms with van der Waals surface area (Å²) in [5, 5.41) is 4.07. The fraction of sp³-hybridized carbons (Fsp3) is 0.100. The Morgan fingerprint density at radius 3 is 2.93 bits per heavy atom. The van der Waals surface area contributed by atoms with E-state index >= 15 is 0 Å². The second-order valence-electron chi connectivity index (χ2n) is 3.01. The van der Waals surface area contributed by atoms with Gasteiger partial charge in [0.05, 0.1) is 10.7 Å². The fourth-order valence-corrected chi connectivity index (χ4v) is 1.53. The second-order valence-corrected chi connectivity index (χ2v) is 3.42. The van der Waals surface area contributed by atoms with Gasteiger partial charge in [0.2, 0.25) is 0 Å². The van der Waals surface area contributed by atoms with E-state index in [0.717, 1.165) is 5.69 Å². The summed E-state index contributed by atoms with van der Waals surface area (Å²) in [5.41, 5.74) is 6.55. The van der Waals surface area contributed by atoms with Crippen LogP contribution in [0, 0.1) is 5.82 Å². The van der Waals surface area contributed by atoms with E-state index in [1.807, 2.05) is 0 Å². The number of nitrogens with two attached hydrogens (primary N) is 1. The number of hydrogen-bond donors (Lipinski definition) is 1. The monoisotopic (exact) mass is 225 g/mol. The van der Waals surface area contributed by atoms with Gasteiger partial charge in [-0.1, -0.05) is 17.7 Å². The van der Waals surface area contributed by atoms with Crippen molar-refractivity contribution < 1.29 is 4.39 Å². The van der Waals surface area contributed by atoms with Crippen molar-refractivity contribution in [3.05, 3.63) is 47.0 Å². The number of rotatable bonds is 2. The average molecular weight is 226 g/mol. The molecule has 2 N–H and O–H groups in total. The van der Waals surface area contributed by atoms with Crippen LogP contribution in [0.2, 0.25) is 5.02 Å². The van der Waals surface area contributed by atoms with Gasteiger partial charge in [0, 0.05) is 12.7 Å². The van der Waals surface area contributed by atoms with Gasteiger partial charge in [-0.15, -0.1) is 0 Å². The number of halogens is 2. The lowest BCUT2D eigenvalue weighted by molar-refractivity contribution is 0.607. The maximum absolute atomic E-state index is 13.6. The number of aromatic nitrogens is 2. The summed E-state index contributed by atoms with van der Waals surface area (Å²) in [6.07, 6.45) is 1.57. The highest BCUT2D eigenvalue weighted by atomic mass is 35.5. The average Bonchev–Trinajstić information content (AvgIpc) is 2.70. The lowest BCUT2D eigenvalue weighted by atomic mass is 10.3. The van der Waals surface area contributed by atoms with Crippen molar-refractivity contribution >= 4 is 11.6 Å². The van der Waals surface area contributed by atoms with Crippen LogP contribution in [0.15, 0.2) is 30.5 Å². The van der Waals surface area contributed by atoms with E-state index in [0.29, 0.717) is 12.2 Å². The minimum absolute atomic E-state index is 0.0750. The maximum atomic E-state index is 13.6. The van der Waals surface area contributed by atoms with Crippen molar-refractivity contribution in [1.82, 2.24) is 9.78 Å². The van der Waals surface area contributed by atoms with Gasteiger partial charge in [-0.3, -0.25) is 0 Å². The molecule has 0 aliphatic rings. The van der Waals surface area contributed by atoms with E-state index in [1.54, 1.807) is 24.4 Å². The van der Waals surface area contributed by atoms with Crippen molar-refractivity contribution in [1.29, 1.82) is 0 Å². The number of hydrogen-bond acceptors (Lipinski definition) is 2. The zero-order valence-electron chi connectivity index (χ0n) is 7.82. The smallest absolute Gasteiger partial charge is 0.167 e. The largest absolute Gasteiger partial charge is 0.325 e. The standard InChI is InChI=1S/C10H9ClFN3/c11-8-2-1-3-9(10(8)12)15-7(6-13)4-5-14-15/h1-5H,6,13H2. The maximum Gasteiger partial charge on any atom is 0.167 e. The highest BCUT2D eigenvalue weighted by Gasteiger charge is 2.10. The normalized spacial score (nSPS) is 10.6.